The Balaban J connectivity index is 0.000000360. The number of rotatable bonds is 0. The predicted molar refractivity (Wildman–Crippen MR) is 30.8 cm³/mol. The van der Waals surface area contributed by atoms with Crippen molar-refractivity contribution in [2.75, 3.05) is 0 Å². The minimum atomic E-state index is 0. The van der Waals surface area contributed by atoms with Crippen LogP contribution in [-0.2, 0) is 0 Å². The molecule has 0 fully saturated rings. The van der Waals surface area contributed by atoms with Crippen LogP contribution in [0.2, 0.25) is 0 Å². The Morgan fingerprint density at radius 3 is 2.57 bits per heavy atom. The van der Waals surface area contributed by atoms with Gasteiger partial charge in [0.05, 0.1) is 6.20 Å². The molecule has 0 bridgehead atoms. The molecule has 0 saturated heterocycles. The molecule has 1 heterocycles. The van der Waals surface area contributed by atoms with Gasteiger partial charge in [0, 0.05) is 0 Å². The summed E-state index contributed by atoms with van der Waals surface area (Å²) in [5.74, 6) is 0. The molecule has 0 spiro atoms. The summed E-state index contributed by atoms with van der Waals surface area (Å²) in [6, 6.07) is 0. The first-order valence-electron chi connectivity index (χ1n) is 1.45. The third-order valence-corrected chi connectivity index (χ3v) is 0.622. The van der Waals surface area contributed by atoms with E-state index in [2.05, 4.69) is 28.0 Å². The molecule has 0 atom stereocenters. The molecule has 5 heteroatoms. The van der Waals surface area contributed by atoms with Gasteiger partial charge in [-0.05, 0) is 0 Å². The van der Waals surface area contributed by atoms with E-state index in [0.717, 1.165) is 0 Å². The van der Waals surface area contributed by atoms with Crippen LogP contribution < -0.4 is 0 Å². The molecule has 0 radical (unpaired) electrons. The van der Waals surface area contributed by atoms with Crippen LogP contribution in [0.4, 0.5) is 0 Å². The van der Waals surface area contributed by atoms with Gasteiger partial charge >= 0.3 is 29.6 Å². The topological polar surface area (TPSA) is 41.6 Å². The quantitative estimate of drug-likeness (QED) is 0.360. The second-order valence-electron chi connectivity index (χ2n) is 0.832. The fourth-order valence-electron chi connectivity index (χ4n) is 0.196. The minimum absolute atomic E-state index is 0. The van der Waals surface area contributed by atoms with Crippen LogP contribution in [0, 0.1) is 0 Å². The zero-order valence-corrected chi connectivity index (χ0v) is 3.81. The van der Waals surface area contributed by atoms with E-state index >= 15 is 0 Å². The van der Waals surface area contributed by atoms with Crippen LogP contribution >= 0.6 is 12.6 Å². The Morgan fingerprint density at radius 2 is 2.43 bits per heavy atom. The van der Waals surface area contributed by atoms with Crippen LogP contribution in [0.3, 0.4) is 0 Å². The Morgan fingerprint density at radius 1 is 1.71 bits per heavy atom. The van der Waals surface area contributed by atoms with Gasteiger partial charge in [-0.25, -0.2) is 0 Å². The van der Waals surface area contributed by atoms with Crippen molar-refractivity contribution in [1.82, 2.24) is 15.4 Å². The fourth-order valence-corrected chi connectivity index (χ4v) is 0.298. The van der Waals surface area contributed by atoms with E-state index in [1.165, 1.54) is 0 Å². The molecule has 0 saturated carbocycles. The van der Waals surface area contributed by atoms with Gasteiger partial charge in [0.25, 0.3) is 0 Å². The van der Waals surface area contributed by atoms with Gasteiger partial charge in [0.1, 0.15) is 5.03 Å². The van der Waals surface area contributed by atoms with Gasteiger partial charge in [-0.1, -0.05) is 5.21 Å². The normalized spacial score (nSPS) is 7.57. The Bertz CT molecular complexity index is 116. The Kier molecular flexibility index (Phi) is 3.73. The number of nitrogens with one attached hydrogen (secondary N) is 1. The third kappa shape index (κ3) is 2.33. The average Bonchev–Trinajstić information content (AvgIpc) is 1.86. The summed E-state index contributed by atoms with van der Waals surface area (Å²) in [4.78, 5) is 0. The van der Waals surface area contributed by atoms with Gasteiger partial charge < -0.3 is 0 Å². The maximum absolute atomic E-state index is 3.83. The first kappa shape index (κ1) is 7.49. The van der Waals surface area contributed by atoms with Gasteiger partial charge in [-0.15, -0.1) is 17.7 Å². The summed E-state index contributed by atoms with van der Waals surface area (Å²) in [5.41, 5.74) is 0. The van der Waals surface area contributed by atoms with Crippen molar-refractivity contribution in [3.63, 3.8) is 0 Å². The number of hydrogen-bond donors (Lipinski definition) is 2. The van der Waals surface area contributed by atoms with Gasteiger partial charge in [-0.3, -0.25) is 5.10 Å². The zero-order valence-electron chi connectivity index (χ0n) is 2.92. The molecular weight excluding hydrogens is 121 g/mol. The monoisotopic (exact) mass is 125 g/mol. The average molecular weight is 125 g/mol. The first-order chi connectivity index (χ1) is 2.89. The molecule has 1 rings (SSSR count). The van der Waals surface area contributed by atoms with E-state index in [0.29, 0.717) is 5.03 Å². The summed E-state index contributed by atoms with van der Waals surface area (Å²) in [6.45, 7) is 0. The summed E-state index contributed by atoms with van der Waals surface area (Å²) in [6.07, 6.45) is 1.60. The van der Waals surface area contributed by atoms with Crippen LogP contribution in [0.25, 0.3) is 0 Å². The molecule has 1 aromatic heterocycles. The van der Waals surface area contributed by atoms with Crippen molar-refractivity contribution < 1.29 is 0 Å². The van der Waals surface area contributed by atoms with Gasteiger partial charge in [0.2, 0.25) is 0 Å². The molecule has 0 aliphatic carbocycles. The summed E-state index contributed by atoms with van der Waals surface area (Å²) < 4.78 is 0. The summed E-state index contributed by atoms with van der Waals surface area (Å²) in [7, 11) is 0. The summed E-state index contributed by atoms with van der Waals surface area (Å²) >= 11 is 3.83. The van der Waals surface area contributed by atoms with Crippen LogP contribution in [0.1, 0.15) is 0 Å². The second kappa shape index (κ2) is 3.49. The van der Waals surface area contributed by atoms with E-state index in [9.17, 15) is 0 Å². The summed E-state index contributed by atoms with van der Waals surface area (Å²) in [5, 5.41) is 9.96. The number of nitrogens with zero attached hydrogens (tertiary/aromatic N) is 2. The van der Waals surface area contributed by atoms with E-state index in [-0.39, 0.29) is 29.6 Å². The van der Waals surface area contributed by atoms with E-state index in [4.69, 9.17) is 0 Å². The SMILES string of the molecule is Sc1c[nH]nn1.[NaH]. The van der Waals surface area contributed by atoms with Crippen molar-refractivity contribution in [2.24, 2.45) is 0 Å². The molecule has 7 heavy (non-hydrogen) atoms. The van der Waals surface area contributed by atoms with Crippen molar-refractivity contribution in [3.8, 4) is 0 Å². The van der Waals surface area contributed by atoms with Crippen LogP contribution in [0.5, 0.6) is 0 Å². The first-order valence-corrected chi connectivity index (χ1v) is 1.90. The van der Waals surface area contributed by atoms with Crippen molar-refractivity contribution in [1.29, 1.82) is 0 Å². The Hall–Kier alpha value is 0.490. The molecular formula is C2H4N3NaS. The van der Waals surface area contributed by atoms with Crippen molar-refractivity contribution >= 4 is 42.2 Å². The number of aromatic nitrogens is 3. The number of hydrogen-bond acceptors (Lipinski definition) is 3. The van der Waals surface area contributed by atoms with Gasteiger partial charge in [0.15, 0.2) is 0 Å². The predicted octanol–water partition coefficient (Wildman–Crippen LogP) is -0.555. The molecule has 1 N–H and O–H groups in total. The second-order valence-corrected chi connectivity index (χ2v) is 1.29. The number of thiol groups is 1. The van der Waals surface area contributed by atoms with Crippen LogP contribution in [-0.4, -0.2) is 45.0 Å². The molecule has 0 amide bonds. The van der Waals surface area contributed by atoms with Crippen LogP contribution in [0.15, 0.2) is 11.2 Å². The fraction of sp³-hybridized carbons (Fsp3) is 0. The van der Waals surface area contributed by atoms with E-state index in [1.54, 1.807) is 6.20 Å². The van der Waals surface area contributed by atoms with E-state index < -0.39 is 0 Å². The van der Waals surface area contributed by atoms with Crippen molar-refractivity contribution in [2.45, 2.75) is 5.03 Å². The third-order valence-electron chi connectivity index (χ3n) is 0.404. The zero-order chi connectivity index (χ0) is 4.41. The van der Waals surface area contributed by atoms with Gasteiger partial charge in [-0.2, -0.15) is 0 Å². The van der Waals surface area contributed by atoms with Crippen molar-refractivity contribution in [3.05, 3.63) is 6.20 Å². The Labute approximate surface area is 68.6 Å². The van der Waals surface area contributed by atoms with E-state index in [1.807, 2.05) is 0 Å². The standard InChI is InChI=1S/C2H3N3S.Na.H/c6-2-1-3-5-4-2;;/h1H,(H2,3,4,5,6);;. The number of H-pyrrole nitrogens is 1. The molecule has 1 aromatic rings. The molecule has 0 aromatic carbocycles. The molecule has 0 aliphatic heterocycles. The maximum atomic E-state index is 3.83. The molecule has 34 valence electrons. The molecule has 0 unspecified atom stereocenters. The number of aromatic amines is 1. The molecule has 3 nitrogen and oxygen atoms in total. The molecule has 0 aliphatic rings.